The third-order valence-electron chi connectivity index (χ3n) is 3.90. The molecular weight excluding hydrogens is 357 g/mol. The minimum absolute atomic E-state index is 0.00908. The maximum Gasteiger partial charge on any atom is 0.417 e. The second-order valence-corrected chi connectivity index (χ2v) is 5.52. The number of carbonyl (C=O) groups excluding carboxylic acids is 1. The third kappa shape index (κ3) is 3.46. The second-order valence-electron chi connectivity index (χ2n) is 5.52. The smallest absolute Gasteiger partial charge is 0.417 e. The first-order chi connectivity index (χ1) is 12.3. The Hall–Kier alpha value is -3.11. The Morgan fingerprint density at radius 2 is 1.73 bits per heavy atom. The van der Waals surface area contributed by atoms with Crippen LogP contribution in [0.2, 0.25) is 0 Å². The van der Waals surface area contributed by atoms with Crippen molar-refractivity contribution in [3.05, 3.63) is 41.3 Å². The molecule has 1 aromatic heterocycles. The third-order valence-corrected chi connectivity index (χ3v) is 3.90. The van der Waals surface area contributed by atoms with Gasteiger partial charge < -0.3 is 19.3 Å². The van der Waals surface area contributed by atoms with Crippen molar-refractivity contribution < 1.29 is 32.3 Å². The molecule has 0 aliphatic carbocycles. The van der Waals surface area contributed by atoms with E-state index >= 15 is 0 Å². The van der Waals surface area contributed by atoms with Gasteiger partial charge in [0.05, 0.1) is 11.1 Å². The van der Waals surface area contributed by atoms with Gasteiger partial charge in [0.2, 0.25) is 0 Å². The van der Waals surface area contributed by atoms with E-state index in [4.69, 9.17) is 9.52 Å². The van der Waals surface area contributed by atoms with E-state index in [2.05, 4.69) is 10.2 Å². The van der Waals surface area contributed by atoms with E-state index in [1.165, 1.54) is 17.0 Å². The molecule has 3 rings (SSSR count). The van der Waals surface area contributed by atoms with Crippen molar-refractivity contribution in [3.63, 3.8) is 0 Å². The number of rotatable bonds is 3. The molecule has 0 unspecified atom stereocenters. The number of amides is 1. The normalized spacial score (nSPS) is 15.2. The molecule has 138 valence electrons. The number of anilines is 1. The number of carboxylic acid groups (broad SMARTS) is 1. The monoisotopic (exact) mass is 370 g/mol. The average molecular weight is 370 g/mol. The molecule has 8 nitrogen and oxygen atoms in total. The van der Waals surface area contributed by atoms with E-state index in [1.807, 2.05) is 0 Å². The molecule has 0 spiro atoms. The Balaban J connectivity index is 1.70. The molecule has 26 heavy (non-hydrogen) atoms. The molecule has 0 atom stereocenters. The number of benzene rings is 1. The Bertz CT molecular complexity index is 828. The quantitative estimate of drug-likeness (QED) is 0.879. The van der Waals surface area contributed by atoms with Gasteiger partial charge in [0.15, 0.2) is 0 Å². The zero-order chi connectivity index (χ0) is 18.9. The predicted molar refractivity (Wildman–Crippen MR) is 80.8 cm³/mol. The standard InChI is InChI=1S/C15H13F3N4O4/c16-15(17,18)10-4-2-1-3-9(10)12(23)21-5-7-22(8-6-21)14-20-19-11(26-14)13(24)25/h1-4H,5-8H2,(H,24,25). The Morgan fingerprint density at radius 3 is 2.31 bits per heavy atom. The summed E-state index contributed by atoms with van der Waals surface area (Å²) in [6.07, 6.45) is -4.62. The summed E-state index contributed by atoms with van der Waals surface area (Å²) in [4.78, 5) is 26.1. The van der Waals surface area contributed by atoms with Crippen LogP contribution in [-0.2, 0) is 6.18 Å². The van der Waals surface area contributed by atoms with Gasteiger partial charge >= 0.3 is 24.1 Å². The van der Waals surface area contributed by atoms with Gasteiger partial charge in [-0.1, -0.05) is 22.3 Å². The molecule has 1 N–H and O–H groups in total. The Kier molecular flexibility index (Phi) is 4.53. The Morgan fingerprint density at radius 1 is 1.08 bits per heavy atom. The van der Waals surface area contributed by atoms with Crippen molar-refractivity contribution in [3.8, 4) is 0 Å². The first-order valence-corrected chi connectivity index (χ1v) is 7.54. The number of aromatic carboxylic acids is 1. The topological polar surface area (TPSA) is 99.8 Å². The van der Waals surface area contributed by atoms with Crippen LogP contribution in [0.3, 0.4) is 0 Å². The number of carbonyl (C=O) groups is 2. The van der Waals surface area contributed by atoms with Crippen molar-refractivity contribution in [2.75, 3.05) is 31.1 Å². The molecule has 0 radical (unpaired) electrons. The largest absolute Gasteiger partial charge is 0.474 e. The van der Waals surface area contributed by atoms with Crippen molar-refractivity contribution in [1.82, 2.24) is 15.1 Å². The summed E-state index contributed by atoms with van der Waals surface area (Å²) in [6.45, 7) is 0.716. The molecule has 0 saturated carbocycles. The summed E-state index contributed by atoms with van der Waals surface area (Å²) in [5, 5.41) is 15.7. The highest BCUT2D eigenvalue weighted by molar-refractivity contribution is 5.96. The molecule has 11 heteroatoms. The summed E-state index contributed by atoms with van der Waals surface area (Å²) < 4.78 is 44.2. The van der Waals surface area contributed by atoms with Crippen LogP contribution in [0.1, 0.15) is 26.6 Å². The summed E-state index contributed by atoms with van der Waals surface area (Å²) >= 11 is 0. The first-order valence-electron chi connectivity index (χ1n) is 7.54. The van der Waals surface area contributed by atoms with Gasteiger partial charge in [-0.05, 0) is 12.1 Å². The lowest BCUT2D eigenvalue weighted by Crippen LogP contribution is -2.49. The van der Waals surface area contributed by atoms with E-state index in [9.17, 15) is 22.8 Å². The summed E-state index contributed by atoms with van der Waals surface area (Å²) in [5.41, 5.74) is -1.38. The molecule has 2 aromatic rings. The number of alkyl halides is 3. The summed E-state index contributed by atoms with van der Waals surface area (Å²) in [6, 6.07) is 4.62. The molecule has 0 bridgehead atoms. The number of hydrogen-bond donors (Lipinski definition) is 1. The molecule has 1 aromatic carbocycles. The van der Waals surface area contributed by atoms with Crippen LogP contribution in [0, 0.1) is 0 Å². The van der Waals surface area contributed by atoms with Crippen LogP contribution in [0.25, 0.3) is 0 Å². The fourth-order valence-corrected chi connectivity index (χ4v) is 2.62. The minimum Gasteiger partial charge on any atom is -0.474 e. The van der Waals surface area contributed by atoms with Gasteiger partial charge in [-0.3, -0.25) is 4.79 Å². The molecular formula is C15H13F3N4O4. The molecule has 1 fully saturated rings. The number of nitrogens with zero attached hydrogens (tertiary/aromatic N) is 4. The van der Waals surface area contributed by atoms with Crippen LogP contribution in [0.4, 0.5) is 19.2 Å². The predicted octanol–water partition coefficient (Wildman–Crippen LogP) is 1.75. The SMILES string of the molecule is O=C(O)c1nnc(N2CCN(C(=O)c3ccccc3C(F)(F)F)CC2)o1. The number of piperazine rings is 1. The van der Waals surface area contributed by atoms with Crippen molar-refractivity contribution >= 4 is 17.9 Å². The van der Waals surface area contributed by atoms with Gasteiger partial charge in [-0.2, -0.15) is 13.2 Å². The maximum atomic E-state index is 13.1. The van der Waals surface area contributed by atoms with Gasteiger partial charge in [0, 0.05) is 26.2 Å². The fraction of sp³-hybridized carbons (Fsp3) is 0.333. The van der Waals surface area contributed by atoms with E-state index in [1.54, 1.807) is 4.90 Å². The number of halogens is 3. The number of hydrogen-bond acceptors (Lipinski definition) is 6. The second kappa shape index (κ2) is 6.65. The molecule has 1 saturated heterocycles. The number of aromatic nitrogens is 2. The average Bonchev–Trinajstić information content (AvgIpc) is 3.11. The zero-order valence-electron chi connectivity index (χ0n) is 13.2. The zero-order valence-corrected chi connectivity index (χ0v) is 13.2. The lowest BCUT2D eigenvalue weighted by molar-refractivity contribution is -0.138. The molecule has 1 aliphatic rings. The molecule has 1 amide bonds. The number of carboxylic acids is 1. The highest BCUT2D eigenvalue weighted by Gasteiger charge is 2.36. The maximum absolute atomic E-state index is 13.1. The van der Waals surface area contributed by atoms with Crippen LogP contribution in [-0.4, -0.2) is 58.3 Å². The van der Waals surface area contributed by atoms with Gasteiger partial charge in [0.25, 0.3) is 5.91 Å². The highest BCUT2D eigenvalue weighted by Crippen LogP contribution is 2.32. The minimum atomic E-state index is -4.62. The van der Waals surface area contributed by atoms with Gasteiger partial charge in [-0.15, -0.1) is 0 Å². The van der Waals surface area contributed by atoms with Crippen LogP contribution < -0.4 is 4.90 Å². The van der Waals surface area contributed by atoms with Crippen LogP contribution >= 0.6 is 0 Å². The van der Waals surface area contributed by atoms with E-state index in [0.29, 0.717) is 0 Å². The van der Waals surface area contributed by atoms with E-state index in [-0.39, 0.29) is 32.2 Å². The summed E-state index contributed by atoms with van der Waals surface area (Å²) in [5.74, 6) is -2.63. The lowest BCUT2D eigenvalue weighted by Gasteiger charge is -2.34. The van der Waals surface area contributed by atoms with E-state index in [0.717, 1.165) is 12.1 Å². The van der Waals surface area contributed by atoms with Gasteiger partial charge in [-0.25, -0.2) is 4.79 Å². The Labute approximate surface area is 144 Å². The molecule has 2 heterocycles. The van der Waals surface area contributed by atoms with Crippen molar-refractivity contribution in [1.29, 1.82) is 0 Å². The van der Waals surface area contributed by atoms with Crippen LogP contribution in [0.15, 0.2) is 28.7 Å². The fourth-order valence-electron chi connectivity index (χ4n) is 2.62. The van der Waals surface area contributed by atoms with Gasteiger partial charge in [0.1, 0.15) is 0 Å². The highest BCUT2D eigenvalue weighted by atomic mass is 19.4. The molecule has 1 aliphatic heterocycles. The lowest BCUT2D eigenvalue weighted by atomic mass is 10.1. The van der Waals surface area contributed by atoms with Crippen molar-refractivity contribution in [2.24, 2.45) is 0 Å². The summed E-state index contributed by atoms with van der Waals surface area (Å²) in [7, 11) is 0. The van der Waals surface area contributed by atoms with Crippen molar-refractivity contribution in [2.45, 2.75) is 6.18 Å². The first kappa shape index (κ1) is 17.7. The van der Waals surface area contributed by atoms with Crippen LogP contribution in [0.5, 0.6) is 0 Å². The van der Waals surface area contributed by atoms with E-state index < -0.39 is 35.1 Å².